The first-order valence-electron chi connectivity index (χ1n) is 15.2. The van der Waals surface area contributed by atoms with Crippen molar-refractivity contribution in [3.05, 3.63) is 30.3 Å². The average Bonchev–Trinajstić information content (AvgIpc) is 3.07. The van der Waals surface area contributed by atoms with Gasteiger partial charge in [0.25, 0.3) is 16.1 Å². The molecule has 0 spiro atoms. The second kappa shape index (κ2) is 20.3. The Kier molecular flexibility index (Phi) is 18.1. The molecule has 0 aromatic heterocycles. The van der Waals surface area contributed by atoms with Crippen molar-refractivity contribution < 1.29 is 92.1 Å². The summed E-state index contributed by atoms with van der Waals surface area (Å²) in [7, 11) is 0.751. The molecule has 0 saturated heterocycles. The minimum atomic E-state index is -3.91. The van der Waals surface area contributed by atoms with Crippen LogP contribution in [-0.2, 0) is 81.9 Å². The van der Waals surface area contributed by atoms with Gasteiger partial charge in [-0.2, -0.15) is 9.78 Å². The molecule has 0 saturated carbocycles. The molecule has 2 amide bonds. The number of alkyl halides is 3. The van der Waals surface area contributed by atoms with Gasteiger partial charge in [-0.3, -0.25) is 38.6 Å². The van der Waals surface area contributed by atoms with E-state index in [-0.39, 0.29) is 10.6 Å². The van der Waals surface area contributed by atoms with Crippen LogP contribution in [0, 0.1) is 0 Å². The Bertz CT molecular complexity index is 1590. The van der Waals surface area contributed by atoms with Crippen molar-refractivity contribution in [1.82, 2.24) is 10.2 Å². The third kappa shape index (κ3) is 11.1. The van der Waals surface area contributed by atoms with E-state index in [0.717, 1.165) is 55.5 Å². The molecule has 0 aliphatic rings. The molecule has 308 valence electrons. The highest BCUT2D eigenvalue weighted by molar-refractivity contribution is 9.11. The van der Waals surface area contributed by atoms with E-state index in [1.165, 1.54) is 30.3 Å². The summed E-state index contributed by atoms with van der Waals surface area (Å²) in [6, 6.07) is 6.93. The number of aliphatic hydroxyl groups is 2. The lowest BCUT2D eigenvalue weighted by Crippen LogP contribution is -2.88. The van der Waals surface area contributed by atoms with E-state index in [1.807, 2.05) is 0 Å². The maximum atomic E-state index is 14.2. The third-order valence-corrected chi connectivity index (χ3v) is 9.73. The molecule has 55 heavy (non-hydrogen) atoms. The highest BCUT2D eigenvalue weighted by Crippen LogP contribution is 2.60. The Morgan fingerprint density at radius 3 is 1.58 bits per heavy atom. The van der Waals surface area contributed by atoms with Gasteiger partial charge in [-0.15, -0.1) is 4.89 Å². The van der Waals surface area contributed by atoms with Crippen molar-refractivity contribution >= 4 is 101 Å². The number of carbonyl (C=O) groups excluding carboxylic acids is 8. The molecule has 0 radical (unpaired) electrons. The number of aliphatic hydroxyl groups excluding tert-OH is 1. The van der Waals surface area contributed by atoms with Gasteiger partial charge >= 0.3 is 46.2 Å². The van der Waals surface area contributed by atoms with Crippen molar-refractivity contribution in [2.75, 3.05) is 25.5 Å². The molecule has 1 rings (SSSR count). The van der Waals surface area contributed by atoms with E-state index in [9.17, 15) is 48.6 Å². The van der Waals surface area contributed by atoms with Gasteiger partial charge in [0.05, 0.1) is 6.54 Å². The van der Waals surface area contributed by atoms with E-state index in [4.69, 9.17) is 43.5 Å². The molecule has 1 aromatic carbocycles. The molecule has 0 aliphatic carbocycles. The number of rotatable bonds is 20. The number of anilines is 1. The molecule has 0 heterocycles. The predicted octanol–water partition coefficient (Wildman–Crippen LogP) is 0.843. The van der Waals surface area contributed by atoms with Crippen LogP contribution in [0.2, 0.25) is 0 Å². The first-order valence-corrected chi connectivity index (χ1v) is 17.7. The fourth-order valence-electron chi connectivity index (χ4n) is 4.39. The first kappa shape index (κ1) is 49.0. The van der Waals surface area contributed by atoms with Crippen LogP contribution in [0.3, 0.4) is 0 Å². The van der Waals surface area contributed by atoms with Crippen LogP contribution in [0.1, 0.15) is 48.5 Å². The topological polar surface area (TPSA) is 287 Å². The zero-order valence-electron chi connectivity index (χ0n) is 30.3. The smallest absolute Gasteiger partial charge is 0.391 e. The van der Waals surface area contributed by atoms with E-state index in [2.05, 4.69) is 58.4 Å². The molecule has 0 aliphatic heterocycles. The SMILES string of the molecule is CC(=O)OCCNC(=O)[C@@](O)(C(O)Br)[C@@](Br)(OOC(C)=O)[C@@](OOC(C)=O)(N(C)C(C)=O)[C@@](Br)(OOC(C)=O)C(Nc1ccccc1)(OC(C)=O)OC(C)=O. The van der Waals surface area contributed by atoms with Crippen LogP contribution in [0.25, 0.3) is 0 Å². The van der Waals surface area contributed by atoms with Gasteiger partial charge in [0, 0.05) is 61.2 Å². The number of nitrogens with one attached hydrogen (secondary N) is 2. The second-order valence-corrected chi connectivity index (χ2v) is 14.0. The number of likely N-dealkylation sites (N-methyl/N-ethyl adjacent to an activating group) is 1. The van der Waals surface area contributed by atoms with Gasteiger partial charge in [0.2, 0.25) is 11.5 Å². The van der Waals surface area contributed by atoms with Crippen molar-refractivity contribution in [1.29, 1.82) is 0 Å². The highest BCUT2D eigenvalue weighted by Gasteiger charge is 2.88. The normalized spacial score (nSPS) is 16.1. The largest absolute Gasteiger partial charge is 0.464 e. The van der Waals surface area contributed by atoms with E-state index in [0.29, 0.717) is 0 Å². The number of nitrogens with zero attached hydrogens (tertiary/aromatic N) is 1. The summed E-state index contributed by atoms with van der Waals surface area (Å²) in [5.74, 6) is -14.3. The summed E-state index contributed by atoms with van der Waals surface area (Å²) in [4.78, 5) is 134. The Morgan fingerprint density at radius 1 is 0.727 bits per heavy atom. The molecule has 1 unspecified atom stereocenters. The summed E-state index contributed by atoms with van der Waals surface area (Å²) >= 11 is 8.60. The number of hydrogen-bond donors (Lipinski definition) is 4. The Labute approximate surface area is 337 Å². The highest BCUT2D eigenvalue weighted by atomic mass is 79.9. The molecule has 22 nitrogen and oxygen atoms in total. The number of hydrogen-bond acceptors (Lipinski definition) is 20. The van der Waals surface area contributed by atoms with Crippen molar-refractivity contribution in [2.24, 2.45) is 0 Å². The number of halogens is 3. The maximum Gasteiger partial charge on any atom is 0.391 e. The Morgan fingerprint density at radius 2 is 1.18 bits per heavy atom. The minimum Gasteiger partial charge on any atom is -0.464 e. The molecular weight excluding hydrogens is 946 g/mol. The molecule has 1 aromatic rings. The van der Waals surface area contributed by atoms with E-state index in [1.54, 1.807) is 0 Å². The fraction of sp³-hybridized carbons (Fsp3) is 0.533. The fourth-order valence-corrected chi connectivity index (χ4v) is 7.50. The number of carbonyl (C=O) groups is 8. The first-order chi connectivity index (χ1) is 25.3. The summed E-state index contributed by atoms with van der Waals surface area (Å²) in [6.45, 7) is 4.39. The van der Waals surface area contributed by atoms with Gasteiger partial charge in [0.15, 0.2) is 5.01 Å². The third-order valence-electron chi connectivity index (χ3n) is 6.60. The van der Waals surface area contributed by atoms with Crippen molar-refractivity contribution in [3.63, 3.8) is 0 Å². The van der Waals surface area contributed by atoms with Crippen LogP contribution < -0.4 is 10.6 Å². The zero-order chi connectivity index (χ0) is 42.6. The number of esters is 3. The number of ether oxygens (including phenoxy) is 3. The standard InChI is InChI=1S/C30H38Br3N3O19/c1-16(37)36(8)29(55-52-22(7)43,27(32,53-50-20(5)41)26(46,24(31)44)25(45)34-14-15-47-17(2)38)28(33,54-51-21(6)42)30(48-18(3)39,49-19(4)40)35-23-12-10-9-11-13-23/h9-13,24,35,44,46H,14-15H2,1-8H3,(H,34,45)/t24?,26-,27+,28+,29-/m0/s1. The zero-order valence-corrected chi connectivity index (χ0v) is 35.1. The molecule has 5 atom stereocenters. The Hall–Kier alpha value is -3.98. The lowest BCUT2D eigenvalue weighted by molar-refractivity contribution is -0.504. The van der Waals surface area contributed by atoms with E-state index < -0.39 is 92.1 Å². The quantitative estimate of drug-likeness (QED) is 0.0352. The minimum absolute atomic E-state index is 0.146. The second-order valence-electron chi connectivity index (χ2n) is 10.9. The molecule has 0 fully saturated rings. The number of benzene rings is 1. The summed E-state index contributed by atoms with van der Waals surface area (Å²) in [5.41, 5.74) is -7.95. The summed E-state index contributed by atoms with van der Waals surface area (Å²) in [6.07, 6.45) is 0. The van der Waals surface area contributed by atoms with Crippen LogP contribution >= 0.6 is 47.8 Å². The van der Waals surface area contributed by atoms with Crippen LogP contribution in [-0.4, -0.2) is 114 Å². The van der Waals surface area contributed by atoms with Gasteiger partial charge < -0.3 is 40.0 Å². The van der Waals surface area contributed by atoms with E-state index >= 15 is 0 Å². The monoisotopic (exact) mass is 981 g/mol. The average molecular weight is 984 g/mol. The maximum absolute atomic E-state index is 14.2. The van der Waals surface area contributed by atoms with Crippen LogP contribution in [0.15, 0.2) is 30.3 Å². The van der Waals surface area contributed by atoms with Crippen molar-refractivity contribution in [2.45, 2.75) is 79.7 Å². The van der Waals surface area contributed by atoms with Gasteiger partial charge in [-0.1, -0.05) is 34.1 Å². The number of para-hydroxylation sites is 1. The summed E-state index contributed by atoms with van der Waals surface area (Å²) < 4.78 is 8.29. The molecular formula is C30H38Br3N3O19. The van der Waals surface area contributed by atoms with Gasteiger partial charge in [0.1, 0.15) is 6.61 Å². The van der Waals surface area contributed by atoms with Crippen LogP contribution in [0.4, 0.5) is 5.69 Å². The lowest BCUT2D eigenvalue weighted by atomic mass is 9.81. The predicted molar refractivity (Wildman–Crippen MR) is 189 cm³/mol. The van der Waals surface area contributed by atoms with Crippen molar-refractivity contribution in [3.8, 4) is 0 Å². The number of amides is 2. The lowest BCUT2D eigenvalue weighted by Gasteiger charge is -2.59. The molecule has 25 heteroatoms. The van der Waals surface area contributed by atoms with Crippen LogP contribution in [0.5, 0.6) is 0 Å². The molecule has 0 bridgehead atoms. The van der Waals surface area contributed by atoms with Gasteiger partial charge in [-0.25, -0.2) is 14.4 Å². The molecule has 4 N–H and O–H groups in total. The Balaban J connectivity index is 4.96. The van der Waals surface area contributed by atoms with Gasteiger partial charge in [-0.05, 0) is 44.0 Å². The summed E-state index contributed by atoms with van der Waals surface area (Å²) in [5, 5.41) is 25.7.